The SMILES string of the molecule is C[C@@]1(c2cccc(Br)c2)NC(=O)N(CC(=O)Nc2ccc(F)cc2[N+](=O)[O-])C1=O. The number of nitro groups is 1. The molecule has 0 saturated carbocycles. The van der Waals surface area contributed by atoms with Crippen molar-refractivity contribution in [2.45, 2.75) is 12.5 Å². The van der Waals surface area contributed by atoms with E-state index >= 15 is 0 Å². The third-order valence-corrected chi connectivity index (χ3v) is 4.90. The Morgan fingerprint density at radius 3 is 2.69 bits per heavy atom. The molecule has 11 heteroatoms. The highest BCUT2D eigenvalue weighted by atomic mass is 79.9. The number of urea groups is 1. The number of nitrogens with one attached hydrogen (secondary N) is 2. The Morgan fingerprint density at radius 1 is 1.31 bits per heavy atom. The molecule has 0 spiro atoms. The molecule has 0 unspecified atom stereocenters. The van der Waals surface area contributed by atoms with E-state index in [-0.39, 0.29) is 5.69 Å². The topological polar surface area (TPSA) is 122 Å². The van der Waals surface area contributed by atoms with Crippen molar-refractivity contribution < 1.29 is 23.7 Å². The van der Waals surface area contributed by atoms with Gasteiger partial charge in [0.15, 0.2) is 0 Å². The summed E-state index contributed by atoms with van der Waals surface area (Å²) in [5.41, 5.74) is -1.75. The average Bonchev–Trinajstić information content (AvgIpc) is 2.87. The Kier molecular flexibility index (Phi) is 5.33. The van der Waals surface area contributed by atoms with Crippen LogP contribution in [0, 0.1) is 15.9 Å². The van der Waals surface area contributed by atoms with Crippen LogP contribution in [0.1, 0.15) is 12.5 Å². The normalized spacial score (nSPS) is 18.5. The Hall–Kier alpha value is -3.34. The van der Waals surface area contributed by atoms with Crippen molar-refractivity contribution >= 4 is 45.2 Å². The molecule has 2 aromatic rings. The van der Waals surface area contributed by atoms with Crippen molar-refractivity contribution in [2.24, 2.45) is 0 Å². The van der Waals surface area contributed by atoms with Gasteiger partial charge in [-0.1, -0.05) is 28.1 Å². The zero-order valence-corrected chi connectivity index (χ0v) is 16.5. The summed E-state index contributed by atoms with van der Waals surface area (Å²) in [6.45, 7) is 0.848. The summed E-state index contributed by atoms with van der Waals surface area (Å²) in [7, 11) is 0. The van der Waals surface area contributed by atoms with Crippen molar-refractivity contribution in [1.82, 2.24) is 10.2 Å². The molecular weight excluding hydrogens is 451 g/mol. The molecule has 150 valence electrons. The lowest BCUT2D eigenvalue weighted by Gasteiger charge is -2.22. The summed E-state index contributed by atoms with van der Waals surface area (Å²) in [5.74, 6) is -2.33. The fraction of sp³-hybridized carbons (Fsp3) is 0.167. The molecule has 1 aliphatic heterocycles. The van der Waals surface area contributed by atoms with Crippen molar-refractivity contribution in [3.05, 3.63) is 68.4 Å². The smallest absolute Gasteiger partial charge is 0.319 e. The first-order valence-corrected chi connectivity index (χ1v) is 9.05. The molecule has 29 heavy (non-hydrogen) atoms. The number of benzene rings is 2. The maximum atomic E-state index is 13.2. The van der Waals surface area contributed by atoms with E-state index in [9.17, 15) is 28.9 Å². The fourth-order valence-electron chi connectivity index (χ4n) is 2.93. The van der Waals surface area contributed by atoms with Crippen molar-refractivity contribution in [1.29, 1.82) is 0 Å². The first-order chi connectivity index (χ1) is 13.6. The van der Waals surface area contributed by atoms with E-state index in [1.807, 2.05) is 0 Å². The molecule has 1 heterocycles. The lowest BCUT2D eigenvalue weighted by Crippen LogP contribution is -2.42. The number of carbonyl (C=O) groups excluding carboxylic acids is 3. The van der Waals surface area contributed by atoms with Gasteiger partial charge in [-0.05, 0) is 36.8 Å². The Morgan fingerprint density at radius 2 is 2.03 bits per heavy atom. The van der Waals surface area contributed by atoms with Gasteiger partial charge in [-0.25, -0.2) is 9.18 Å². The van der Waals surface area contributed by atoms with E-state index in [0.29, 0.717) is 21.0 Å². The second-order valence-corrected chi connectivity index (χ2v) is 7.34. The molecule has 2 N–H and O–H groups in total. The number of amides is 4. The molecule has 0 radical (unpaired) electrons. The van der Waals surface area contributed by atoms with Crippen LogP contribution in [0.3, 0.4) is 0 Å². The Labute approximate surface area is 172 Å². The quantitative estimate of drug-likeness (QED) is 0.400. The number of halogens is 2. The average molecular weight is 465 g/mol. The molecule has 0 aromatic heterocycles. The maximum absolute atomic E-state index is 13.2. The second kappa shape index (κ2) is 7.59. The zero-order valence-electron chi connectivity index (χ0n) is 14.9. The third kappa shape index (κ3) is 3.94. The predicted octanol–water partition coefficient (Wildman–Crippen LogP) is 2.90. The standard InChI is InChI=1S/C18H14BrFN4O5/c1-18(10-3-2-4-11(19)7-10)16(26)23(17(27)22-18)9-15(25)21-13-6-5-12(20)8-14(13)24(28)29/h2-8H,9H2,1H3,(H,21,25)(H,22,27)/t18-/m0/s1. The van der Waals surface area contributed by atoms with Gasteiger partial charge in [-0.2, -0.15) is 0 Å². The molecular formula is C18H14BrFN4O5. The van der Waals surface area contributed by atoms with Crippen LogP contribution in [-0.2, 0) is 15.1 Å². The number of carbonyl (C=O) groups is 3. The van der Waals surface area contributed by atoms with Crippen LogP contribution in [0.15, 0.2) is 46.9 Å². The van der Waals surface area contributed by atoms with Crippen molar-refractivity contribution in [2.75, 3.05) is 11.9 Å². The van der Waals surface area contributed by atoms with Crippen LogP contribution in [0.25, 0.3) is 0 Å². The van der Waals surface area contributed by atoms with Gasteiger partial charge in [-0.15, -0.1) is 0 Å². The van der Waals surface area contributed by atoms with E-state index in [0.717, 1.165) is 12.1 Å². The Balaban J connectivity index is 1.79. The van der Waals surface area contributed by atoms with Gasteiger partial charge in [-0.3, -0.25) is 24.6 Å². The summed E-state index contributed by atoms with van der Waals surface area (Å²) < 4.78 is 13.9. The number of hydrogen-bond donors (Lipinski definition) is 2. The minimum Gasteiger partial charge on any atom is -0.319 e. The highest BCUT2D eigenvalue weighted by molar-refractivity contribution is 9.10. The van der Waals surface area contributed by atoms with Crippen molar-refractivity contribution in [3.8, 4) is 0 Å². The number of hydrogen-bond acceptors (Lipinski definition) is 5. The van der Waals surface area contributed by atoms with Crippen LogP contribution in [0.4, 0.5) is 20.6 Å². The molecule has 9 nitrogen and oxygen atoms in total. The van der Waals surface area contributed by atoms with E-state index in [1.54, 1.807) is 24.3 Å². The molecule has 3 rings (SSSR count). The monoisotopic (exact) mass is 464 g/mol. The molecule has 0 bridgehead atoms. The minimum absolute atomic E-state index is 0.247. The zero-order chi connectivity index (χ0) is 21.3. The molecule has 1 fully saturated rings. The van der Waals surface area contributed by atoms with E-state index in [1.165, 1.54) is 6.92 Å². The molecule has 1 saturated heterocycles. The van der Waals surface area contributed by atoms with Crippen LogP contribution in [0.2, 0.25) is 0 Å². The lowest BCUT2D eigenvalue weighted by atomic mass is 9.92. The highest BCUT2D eigenvalue weighted by Crippen LogP contribution is 2.30. The molecule has 0 aliphatic carbocycles. The summed E-state index contributed by atoms with van der Waals surface area (Å²) >= 11 is 3.30. The van der Waals surface area contributed by atoms with Gasteiger partial charge in [0.05, 0.1) is 11.0 Å². The predicted molar refractivity (Wildman–Crippen MR) is 103 cm³/mol. The van der Waals surface area contributed by atoms with Crippen LogP contribution >= 0.6 is 15.9 Å². The van der Waals surface area contributed by atoms with Gasteiger partial charge < -0.3 is 10.6 Å². The van der Waals surface area contributed by atoms with Gasteiger partial charge >= 0.3 is 6.03 Å². The maximum Gasteiger partial charge on any atom is 0.325 e. The van der Waals surface area contributed by atoms with E-state index in [4.69, 9.17) is 0 Å². The van der Waals surface area contributed by atoms with Crippen LogP contribution < -0.4 is 10.6 Å². The molecule has 2 aromatic carbocycles. The summed E-state index contributed by atoms with van der Waals surface area (Å²) in [6.07, 6.45) is 0. The fourth-order valence-corrected chi connectivity index (χ4v) is 3.33. The van der Waals surface area contributed by atoms with Crippen LogP contribution in [0.5, 0.6) is 0 Å². The largest absolute Gasteiger partial charge is 0.325 e. The summed E-state index contributed by atoms with van der Waals surface area (Å²) in [4.78, 5) is 48.4. The van der Waals surface area contributed by atoms with E-state index < -0.39 is 46.4 Å². The number of anilines is 1. The van der Waals surface area contributed by atoms with E-state index in [2.05, 4.69) is 26.6 Å². The number of nitro benzene ring substituents is 1. The van der Waals surface area contributed by atoms with Gasteiger partial charge in [0.1, 0.15) is 23.6 Å². The number of imide groups is 1. The van der Waals surface area contributed by atoms with Crippen molar-refractivity contribution in [3.63, 3.8) is 0 Å². The molecule has 1 aliphatic rings. The first kappa shape index (κ1) is 20.4. The number of nitrogens with zero attached hydrogens (tertiary/aromatic N) is 2. The first-order valence-electron chi connectivity index (χ1n) is 8.26. The van der Waals surface area contributed by atoms with Gasteiger partial charge in [0.2, 0.25) is 5.91 Å². The third-order valence-electron chi connectivity index (χ3n) is 4.41. The number of rotatable bonds is 5. The summed E-state index contributed by atoms with van der Waals surface area (Å²) in [6, 6.07) is 8.65. The van der Waals surface area contributed by atoms with Gasteiger partial charge in [0, 0.05) is 4.47 Å². The summed E-state index contributed by atoms with van der Waals surface area (Å²) in [5, 5.41) is 15.8. The highest BCUT2D eigenvalue weighted by Gasteiger charge is 2.49. The van der Waals surface area contributed by atoms with Gasteiger partial charge in [0.25, 0.3) is 11.6 Å². The molecule has 4 amide bonds. The Bertz CT molecular complexity index is 1050. The molecule has 1 atom stereocenters. The minimum atomic E-state index is -1.37. The lowest BCUT2D eigenvalue weighted by molar-refractivity contribution is -0.384. The second-order valence-electron chi connectivity index (χ2n) is 6.42. The van der Waals surface area contributed by atoms with Crippen LogP contribution in [-0.4, -0.2) is 34.2 Å².